The SMILES string of the molecule is CC(C=CC1=C(C)CCCC1(C)C)=CCC=C(C)C(=O)C(=O)Nc1ccccc1. The number of carbonyl (C=O) groups is 2. The maximum Gasteiger partial charge on any atom is 0.296 e. The lowest BCUT2D eigenvalue weighted by molar-refractivity contribution is -0.132. The fourth-order valence-corrected chi connectivity index (χ4v) is 3.70. The average Bonchev–Trinajstić information content (AvgIpc) is 2.67. The summed E-state index contributed by atoms with van der Waals surface area (Å²) >= 11 is 0. The highest BCUT2D eigenvalue weighted by Crippen LogP contribution is 2.40. The van der Waals surface area contributed by atoms with Gasteiger partial charge in [0, 0.05) is 5.69 Å². The Labute approximate surface area is 175 Å². The van der Waals surface area contributed by atoms with E-state index >= 15 is 0 Å². The van der Waals surface area contributed by atoms with Crippen molar-refractivity contribution in [1.29, 1.82) is 0 Å². The first kappa shape index (κ1) is 22.6. The fraction of sp³-hybridized carbons (Fsp3) is 0.385. The Balaban J connectivity index is 1.95. The molecule has 3 nitrogen and oxygen atoms in total. The minimum absolute atomic E-state index is 0.230. The zero-order chi connectivity index (χ0) is 21.4. The van der Waals surface area contributed by atoms with Crippen molar-refractivity contribution in [2.24, 2.45) is 5.41 Å². The van der Waals surface area contributed by atoms with Gasteiger partial charge in [-0.05, 0) is 75.1 Å². The summed E-state index contributed by atoms with van der Waals surface area (Å²) in [7, 11) is 0. The molecule has 1 aromatic carbocycles. The van der Waals surface area contributed by atoms with Gasteiger partial charge in [0.15, 0.2) is 0 Å². The predicted molar refractivity (Wildman–Crippen MR) is 122 cm³/mol. The summed E-state index contributed by atoms with van der Waals surface area (Å²) in [5.74, 6) is -1.10. The van der Waals surface area contributed by atoms with Gasteiger partial charge in [0.1, 0.15) is 0 Å². The van der Waals surface area contributed by atoms with E-state index < -0.39 is 11.7 Å². The highest BCUT2D eigenvalue weighted by atomic mass is 16.2. The minimum Gasteiger partial charge on any atom is -0.319 e. The first-order chi connectivity index (χ1) is 13.7. The van der Waals surface area contributed by atoms with E-state index in [1.807, 2.05) is 18.2 Å². The van der Waals surface area contributed by atoms with Crippen LogP contribution in [-0.2, 0) is 9.59 Å². The Bertz CT molecular complexity index is 867. The lowest BCUT2D eigenvalue weighted by Gasteiger charge is -2.32. The second-order valence-corrected chi connectivity index (χ2v) is 8.49. The van der Waals surface area contributed by atoms with E-state index in [2.05, 4.69) is 51.2 Å². The summed E-state index contributed by atoms with van der Waals surface area (Å²) in [6.07, 6.45) is 12.6. The highest BCUT2D eigenvalue weighted by Gasteiger charge is 2.26. The van der Waals surface area contributed by atoms with Crippen molar-refractivity contribution in [1.82, 2.24) is 0 Å². The van der Waals surface area contributed by atoms with Crippen molar-refractivity contribution in [2.45, 2.75) is 60.3 Å². The molecule has 1 aliphatic rings. The quantitative estimate of drug-likeness (QED) is 0.325. The van der Waals surface area contributed by atoms with Gasteiger partial charge in [-0.3, -0.25) is 9.59 Å². The van der Waals surface area contributed by atoms with Crippen LogP contribution in [0.2, 0.25) is 0 Å². The number of nitrogens with one attached hydrogen (secondary N) is 1. The van der Waals surface area contributed by atoms with Crippen molar-refractivity contribution >= 4 is 17.4 Å². The van der Waals surface area contributed by atoms with E-state index in [0.717, 1.165) is 5.57 Å². The third-order valence-electron chi connectivity index (χ3n) is 5.52. The van der Waals surface area contributed by atoms with Crippen LogP contribution >= 0.6 is 0 Å². The Morgan fingerprint density at radius 1 is 1.10 bits per heavy atom. The molecule has 0 aliphatic heterocycles. The summed E-state index contributed by atoms with van der Waals surface area (Å²) < 4.78 is 0. The summed E-state index contributed by atoms with van der Waals surface area (Å²) in [5, 5.41) is 2.63. The van der Waals surface area contributed by atoms with Crippen LogP contribution in [0, 0.1) is 5.41 Å². The molecule has 0 heterocycles. The lowest BCUT2D eigenvalue weighted by Crippen LogP contribution is -2.23. The molecule has 1 aliphatic carbocycles. The summed E-state index contributed by atoms with van der Waals surface area (Å²) in [5.41, 5.74) is 5.38. The molecule has 1 aromatic rings. The van der Waals surface area contributed by atoms with Gasteiger partial charge in [0.05, 0.1) is 0 Å². The van der Waals surface area contributed by atoms with Crippen LogP contribution in [0.25, 0.3) is 0 Å². The number of hydrogen-bond donors (Lipinski definition) is 1. The van der Waals surface area contributed by atoms with E-state index in [1.54, 1.807) is 25.1 Å². The van der Waals surface area contributed by atoms with Crippen LogP contribution in [0.3, 0.4) is 0 Å². The van der Waals surface area contributed by atoms with Crippen molar-refractivity contribution in [2.75, 3.05) is 5.32 Å². The van der Waals surface area contributed by atoms with Gasteiger partial charge in [-0.25, -0.2) is 0 Å². The molecule has 0 radical (unpaired) electrons. The Hall–Kier alpha value is -2.68. The standard InChI is InChI=1S/C26H33NO2/c1-19(16-17-23-20(2)13-10-18-26(23,4)5)11-9-12-21(3)24(28)25(29)27-22-14-7-6-8-15-22/h6-8,11-12,14-17H,9-10,13,18H2,1-5H3,(H,27,29). The smallest absolute Gasteiger partial charge is 0.296 e. The molecule has 1 amide bonds. The number of para-hydroxylation sites is 1. The molecule has 3 heteroatoms. The highest BCUT2D eigenvalue weighted by molar-refractivity contribution is 6.46. The second kappa shape index (κ2) is 10.2. The van der Waals surface area contributed by atoms with Crippen LogP contribution < -0.4 is 5.32 Å². The number of allylic oxidation sites excluding steroid dienone is 7. The van der Waals surface area contributed by atoms with Crippen LogP contribution in [0.5, 0.6) is 0 Å². The minimum atomic E-state index is -0.604. The van der Waals surface area contributed by atoms with Gasteiger partial charge in [-0.1, -0.05) is 67.5 Å². The van der Waals surface area contributed by atoms with Gasteiger partial charge in [0.2, 0.25) is 5.78 Å². The average molecular weight is 392 g/mol. The van der Waals surface area contributed by atoms with Crippen LogP contribution in [0.1, 0.15) is 60.3 Å². The predicted octanol–water partition coefficient (Wildman–Crippen LogP) is 6.56. The molecule has 154 valence electrons. The molecule has 0 fully saturated rings. The van der Waals surface area contributed by atoms with Crippen molar-refractivity contribution < 1.29 is 9.59 Å². The van der Waals surface area contributed by atoms with Crippen molar-refractivity contribution in [3.05, 3.63) is 76.9 Å². The molecule has 0 spiro atoms. The summed E-state index contributed by atoms with van der Waals surface area (Å²) in [4.78, 5) is 24.3. The fourth-order valence-electron chi connectivity index (χ4n) is 3.70. The number of ketones is 1. The summed E-state index contributed by atoms with van der Waals surface area (Å²) in [6, 6.07) is 9.01. The second-order valence-electron chi connectivity index (χ2n) is 8.49. The number of hydrogen-bond acceptors (Lipinski definition) is 2. The molecule has 1 N–H and O–H groups in total. The van der Waals surface area contributed by atoms with Gasteiger partial charge in [-0.2, -0.15) is 0 Å². The van der Waals surface area contributed by atoms with E-state index in [0.29, 0.717) is 17.7 Å². The Morgan fingerprint density at radius 3 is 2.45 bits per heavy atom. The molecule has 0 bridgehead atoms. The zero-order valence-electron chi connectivity index (χ0n) is 18.3. The van der Waals surface area contributed by atoms with Gasteiger partial charge < -0.3 is 5.32 Å². The van der Waals surface area contributed by atoms with Crippen LogP contribution in [-0.4, -0.2) is 11.7 Å². The molecule has 0 saturated carbocycles. The molecular formula is C26H33NO2. The molecule has 0 saturated heterocycles. The van der Waals surface area contributed by atoms with Crippen molar-refractivity contribution in [3.63, 3.8) is 0 Å². The number of Topliss-reactive ketones (excluding diaryl/α,β-unsaturated/α-hetero) is 1. The monoisotopic (exact) mass is 391 g/mol. The third-order valence-corrected chi connectivity index (χ3v) is 5.52. The Kier molecular flexibility index (Phi) is 7.95. The lowest BCUT2D eigenvalue weighted by atomic mass is 9.72. The molecular weight excluding hydrogens is 358 g/mol. The number of benzene rings is 1. The third kappa shape index (κ3) is 6.70. The maximum atomic E-state index is 12.2. The molecule has 0 atom stereocenters. The topological polar surface area (TPSA) is 46.2 Å². The molecule has 0 unspecified atom stereocenters. The summed E-state index contributed by atoms with van der Waals surface area (Å²) in [6.45, 7) is 10.6. The normalized spacial score (nSPS) is 17.6. The Morgan fingerprint density at radius 2 is 1.79 bits per heavy atom. The maximum absolute atomic E-state index is 12.2. The van der Waals surface area contributed by atoms with E-state index in [-0.39, 0.29) is 5.41 Å². The van der Waals surface area contributed by atoms with E-state index in [1.165, 1.54) is 30.4 Å². The molecule has 0 aromatic heterocycles. The van der Waals surface area contributed by atoms with E-state index in [9.17, 15) is 9.59 Å². The number of anilines is 1. The zero-order valence-corrected chi connectivity index (χ0v) is 18.3. The van der Waals surface area contributed by atoms with E-state index in [4.69, 9.17) is 0 Å². The first-order valence-electron chi connectivity index (χ1n) is 10.3. The number of rotatable bonds is 7. The van der Waals surface area contributed by atoms with Gasteiger partial charge in [0.25, 0.3) is 5.91 Å². The number of carbonyl (C=O) groups excluding carboxylic acids is 2. The molecule has 29 heavy (non-hydrogen) atoms. The van der Waals surface area contributed by atoms with Crippen LogP contribution in [0.15, 0.2) is 76.9 Å². The van der Waals surface area contributed by atoms with Gasteiger partial charge in [-0.15, -0.1) is 0 Å². The van der Waals surface area contributed by atoms with Crippen LogP contribution in [0.4, 0.5) is 5.69 Å². The molecule has 2 rings (SSSR count). The largest absolute Gasteiger partial charge is 0.319 e. The number of amides is 1. The van der Waals surface area contributed by atoms with Crippen molar-refractivity contribution in [3.8, 4) is 0 Å². The first-order valence-corrected chi connectivity index (χ1v) is 10.3. The van der Waals surface area contributed by atoms with Gasteiger partial charge >= 0.3 is 0 Å².